The van der Waals surface area contributed by atoms with Gasteiger partial charge in [0.15, 0.2) is 0 Å². The number of H-pyrrole nitrogens is 1. The van der Waals surface area contributed by atoms with Gasteiger partial charge < -0.3 is 9.84 Å². The van der Waals surface area contributed by atoms with Gasteiger partial charge in [-0.05, 0) is 77.1 Å². The summed E-state index contributed by atoms with van der Waals surface area (Å²) in [5.74, 6) is -1.74. The Morgan fingerprint density at radius 3 is 2.35 bits per heavy atom. The van der Waals surface area contributed by atoms with Crippen molar-refractivity contribution in [3.63, 3.8) is 0 Å². The number of aliphatic carboxylic acids is 1. The minimum atomic E-state index is -0.998. The molecular formula is C31H29Cl2FN2O4. The van der Waals surface area contributed by atoms with E-state index in [0.29, 0.717) is 18.1 Å². The Balaban J connectivity index is 0.000000623. The van der Waals surface area contributed by atoms with Crippen molar-refractivity contribution in [2.45, 2.75) is 20.3 Å². The number of nitrogens with zero attached hydrogens (tertiary/aromatic N) is 1. The van der Waals surface area contributed by atoms with Crippen LogP contribution in [0.15, 0.2) is 85.6 Å². The molecule has 0 aliphatic rings. The van der Waals surface area contributed by atoms with Crippen LogP contribution in [0.2, 0.25) is 5.02 Å². The molecular weight excluding hydrogens is 554 g/mol. The van der Waals surface area contributed by atoms with Gasteiger partial charge in [-0.25, -0.2) is 14.0 Å². The van der Waals surface area contributed by atoms with Gasteiger partial charge in [-0.1, -0.05) is 61.5 Å². The Labute approximate surface area is 243 Å². The summed E-state index contributed by atoms with van der Waals surface area (Å²) >= 11 is 6.44. The summed E-state index contributed by atoms with van der Waals surface area (Å²) in [5, 5.41) is 17.3. The lowest BCUT2D eigenvalue weighted by molar-refractivity contribution is -0.137. The number of carbonyl (C=O) groups is 2. The third-order valence-electron chi connectivity index (χ3n) is 5.71. The maximum absolute atomic E-state index is 13.7. The van der Waals surface area contributed by atoms with E-state index in [1.807, 2.05) is 43.3 Å². The van der Waals surface area contributed by atoms with Gasteiger partial charge >= 0.3 is 11.9 Å². The van der Waals surface area contributed by atoms with Crippen molar-refractivity contribution in [2.75, 3.05) is 6.61 Å². The van der Waals surface area contributed by atoms with Crippen LogP contribution in [-0.4, -0.2) is 33.8 Å². The Hall–Kier alpha value is -4.20. The number of hydrogen-bond acceptors (Lipinski definition) is 4. The summed E-state index contributed by atoms with van der Waals surface area (Å²) < 4.78 is 18.1. The molecule has 1 aromatic heterocycles. The van der Waals surface area contributed by atoms with E-state index in [2.05, 4.69) is 27.6 Å². The normalized spacial score (nSPS) is 11.2. The first-order chi connectivity index (χ1) is 18.8. The molecule has 0 saturated carbocycles. The highest BCUT2D eigenvalue weighted by molar-refractivity contribution is 6.32. The van der Waals surface area contributed by atoms with Crippen LogP contribution in [0.3, 0.4) is 0 Å². The first-order valence-corrected chi connectivity index (χ1v) is 12.6. The van der Waals surface area contributed by atoms with Gasteiger partial charge in [0.05, 0.1) is 23.3 Å². The number of ether oxygens (including phenoxy) is 1. The van der Waals surface area contributed by atoms with Crippen molar-refractivity contribution < 1.29 is 23.8 Å². The molecule has 0 amide bonds. The van der Waals surface area contributed by atoms with E-state index in [0.717, 1.165) is 56.5 Å². The highest BCUT2D eigenvalue weighted by atomic mass is 35.5. The zero-order valence-electron chi connectivity index (χ0n) is 22.0. The second-order valence-electron chi connectivity index (χ2n) is 8.25. The van der Waals surface area contributed by atoms with E-state index in [4.69, 9.17) is 16.7 Å². The Kier molecular flexibility index (Phi) is 12.3. The Morgan fingerprint density at radius 1 is 1.07 bits per heavy atom. The molecule has 0 spiro atoms. The molecule has 0 atom stereocenters. The molecule has 0 unspecified atom stereocenters. The minimum absolute atomic E-state index is 0. The molecule has 6 nitrogen and oxygen atoms in total. The fourth-order valence-electron chi connectivity index (χ4n) is 3.98. The molecule has 0 bridgehead atoms. The lowest BCUT2D eigenvalue weighted by Gasteiger charge is -2.17. The first kappa shape index (κ1) is 32.0. The van der Waals surface area contributed by atoms with E-state index in [9.17, 15) is 14.0 Å². The van der Waals surface area contributed by atoms with Crippen molar-refractivity contribution in [3.8, 4) is 0 Å². The predicted molar refractivity (Wildman–Crippen MR) is 161 cm³/mol. The monoisotopic (exact) mass is 582 g/mol. The molecule has 4 rings (SSSR count). The lowest BCUT2D eigenvalue weighted by Crippen LogP contribution is -1.97. The summed E-state index contributed by atoms with van der Waals surface area (Å²) in [6, 6.07) is 18.1. The number of halogens is 3. The van der Waals surface area contributed by atoms with Crippen molar-refractivity contribution >= 4 is 64.1 Å². The number of allylic oxidation sites excluding steroid dienone is 1. The summed E-state index contributed by atoms with van der Waals surface area (Å²) in [6.07, 6.45) is 6.24. The number of nitrogens with one attached hydrogen (secondary N) is 1. The molecule has 2 N–H and O–H groups in total. The Bertz CT molecular complexity index is 1540. The van der Waals surface area contributed by atoms with E-state index in [-0.39, 0.29) is 24.2 Å². The van der Waals surface area contributed by atoms with Crippen LogP contribution in [0.4, 0.5) is 4.39 Å². The molecule has 0 aliphatic heterocycles. The topological polar surface area (TPSA) is 92.3 Å². The molecule has 208 valence electrons. The van der Waals surface area contributed by atoms with Gasteiger partial charge in [0, 0.05) is 17.5 Å². The van der Waals surface area contributed by atoms with Crippen molar-refractivity contribution in [1.82, 2.24) is 10.2 Å². The molecule has 0 aliphatic carbocycles. The highest BCUT2D eigenvalue weighted by Crippen LogP contribution is 2.38. The SMILES string of the molecule is C=CC(=O)OCC.CC/C(=C(/c1ccc(/C=C/C(=O)O)cc1)c1ccc2[nH]ncc2c1)c1ccc(F)cc1Cl.Cl. The summed E-state index contributed by atoms with van der Waals surface area (Å²) in [5.41, 5.74) is 6.35. The zero-order chi connectivity index (χ0) is 28.4. The molecule has 9 heteroatoms. The fourth-order valence-corrected chi connectivity index (χ4v) is 4.26. The van der Waals surface area contributed by atoms with E-state index in [1.54, 1.807) is 25.3 Å². The third kappa shape index (κ3) is 8.40. The van der Waals surface area contributed by atoms with Crippen LogP contribution in [0.25, 0.3) is 28.1 Å². The molecule has 40 heavy (non-hydrogen) atoms. The van der Waals surface area contributed by atoms with Crippen LogP contribution in [0.1, 0.15) is 42.5 Å². The number of aromatic amines is 1. The van der Waals surface area contributed by atoms with Crippen LogP contribution < -0.4 is 0 Å². The number of carboxylic acid groups (broad SMARTS) is 1. The summed E-state index contributed by atoms with van der Waals surface area (Å²) in [7, 11) is 0. The zero-order valence-corrected chi connectivity index (χ0v) is 23.6. The van der Waals surface area contributed by atoms with E-state index >= 15 is 0 Å². The quantitative estimate of drug-likeness (QED) is 0.125. The van der Waals surface area contributed by atoms with Crippen molar-refractivity contribution in [3.05, 3.63) is 119 Å². The third-order valence-corrected chi connectivity index (χ3v) is 6.02. The van der Waals surface area contributed by atoms with Gasteiger partial charge in [0.2, 0.25) is 0 Å². The van der Waals surface area contributed by atoms with Crippen LogP contribution in [0.5, 0.6) is 0 Å². The fraction of sp³-hybridized carbons (Fsp3) is 0.129. The maximum Gasteiger partial charge on any atom is 0.330 e. The molecule has 4 aromatic rings. The number of hydrogen-bond donors (Lipinski definition) is 2. The molecule has 0 saturated heterocycles. The minimum Gasteiger partial charge on any atom is -0.478 e. The standard InChI is InChI=1S/C26H20ClFN2O2.C5H8O2.ClH/c1-2-21(22-10-9-20(28)14-23(22)27)26(18-8-11-24-19(13-18)15-29-30-24)17-6-3-16(4-7-17)5-12-25(31)32;1-3-5(6)7-4-2;/h3-15H,2H2,1H3,(H,29,30)(H,31,32);3H,1,4H2,2H3;1H/b12-5+,26-21+;;. The van der Waals surface area contributed by atoms with Crippen LogP contribution in [0, 0.1) is 5.82 Å². The molecule has 1 heterocycles. The average molecular weight is 583 g/mol. The van der Waals surface area contributed by atoms with Gasteiger partial charge in [0.1, 0.15) is 5.82 Å². The predicted octanol–water partition coefficient (Wildman–Crippen LogP) is 7.98. The van der Waals surface area contributed by atoms with Crippen LogP contribution >= 0.6 is 24.0 Å². The van der Waals surface area contributed by atoms with Crippen LogP contribution in [-0.2, 0) is 14.3 Å². The second kappa shape index (κ2) is 15.4. The van der Waals surface area contributed by atoms with Crippen molar-refractivity contribution in [1.29, 1.82) is 0 Å². The average Bonchev–Trinajstić information content (AvgIpc) is 3.40. The summed E-state index contributed by atoms with van der Waals surface area (Å²) in [4.78, 5) is 20.9. The van der Waals surface area contributed by atoms with Gasteiger partial charge in [-0.3, -0.25) is 5.10 Å². The van der Waals surface area contributed by atoms with Gasteiger partial charge in [0.25, 0.3) is 0 Å². The molecule has 3 aromatic carbocycles. The number of rotatable bonds is 8. The first-order valence-electron chi connectivity index (χ1n) is 12.2. The number of carboxylic acids is 1. The van der Waals surface area contributed by atoms with E-state index in [1.165, 1.54) is 12.1 Å². The lowest BCUT2D eigenvalue weighted by atomic mass is 9.87. The highest BCUT2D eigenvalue weighted by Gasteiger charge is 2.16. The van der Waals surface area contributed by atoms with Crippen molar-refractivity contribution in [2.24, 2.45) is 0 Å². The molecule has 0 fully saturated rings. The van der Waals surface area contributed by atoms with Gasteiger partial charge in [-0.15, -0.1) is 12.4 Å². The number of benzene rings is 3. The van der Waals surface area contributed by atoms with Gasteiger partial charge in [-0.2, -0.15) is 5.10 Å². The second-order valence-corrected chi connectivity index (χ2v) is 8.66. The van der Waals surface area contributed by atoms with E-state index < -0.39 is 5.97 Å². The molecule has 0 radical (unpaired) electrons. The largest absolute Gasteiger partial charge is 0.478 e. The smallest absolute Gasteiger partial charge is 0.330 e. The number of carbonyl (C=O) groups excluding carboxylic acids is 1. The number of esters is 1. The number of fused-ring (bicyclic) bond motifs is 1. The Morgan fingerprint density at radius 2 is 1.77 bits per heavy atom. The summed E-state index contributed by atoms with van der Waals surface area (Å²) in [6.45, 7) is 7.41. The number of aromatic nitrogens is 2. The maximum atomic E-state index is 13.7.